The molecule has 0 aliphatic rings. The first-order chi connectivity index (χ1) is 15.0. The van der Waals surface area contributed by atoms with E-state index in [4.69, 9.17) is 0 Å². The van der Waals surface area contributed by atoms with Crippen LogP contribution >= 0.6 is 11.8 Å². The Balaban J connectivity index is 1.46. The van der Waals surface area contributed by atoms with E-state index in [2.05, 4.69) is 59.4 Å². The van der Waals surface area contributed by atoms with Crippen molar-refractivity contribution in [3.05, 3.63) is 100 Å². The average molecular weight is 432 g/mol. The molecule has 31 heavy (non-hydrogen) atoms. The van der Waals surface area contributed by atoms with Crippen LogP contribution in [0.25, 0.3) is 10.9 Å². The lowest BCUT2D eigenvalue weighted by molar-refractivity contribution is -0.384. The second-order valence-corrected chi connectivity index (χ2v) is 8.28. The maximum Gasteiger partial charge on any atom is 0.269 e. The molecule has 1 N–H and O–H groups in total. The number of thioether (sulfide) groups is 1. The van der Waals surface area contributed by atoms with Crippen molar-refractivity contribution in [1.82, 2.24) is 4.57 Å². The molecular formula is C24H21N3O3S. The lowest BCUT2D eigenvalue weighted by atomic mass is 10.1. The summed E-state index contributed by atoms with van der Waals surface area (Å²) in [5.74, 6) is 0.0874. The number of carbonyl (C=O) groups is 1. The molecule has 6 nitrogen and oxygen atoms in total. The molecule has 7 heteroatoms. The van der Waals surface area contributed by atoms with Gasteiger partial charge in [0, 0.05) is 46.4 Å². The number of anilines is 1. The molecule has 4 aromatic rings. The third-order valence-electron chi connectivity index (χ3n) is 4.95. The number of para-hydroxylation sites is 1. The number of carbonyl (C=O) groups excluding carboxylic acids is 1. The fraction of sp³-hybridized carbons (Fsp3) is 0.125. The van der Waals surface area contributed by atoms with E-state index in [0.717, 1.165) is 22.3 Å². The molecule has 156 valence electrons. The van der Waals surface area contributed by atoms with E-state index in [-0.39, 0.29) is 17.3 Å². The van der Waals surface area contributed by atoms with Crippen LogP contribution in [0.1, 0.15) is 11.1 Å². The highest BCUT2D eigenvalue weighted by molar-refractivity contribution is 8.00. The summed E-state index contributed by atoms with van der Waals surface area (Å²) in [5, 5.41) is 14.6. The van der Waals surface area contributed by atoms with Crippen molar-refractivity contribution >= 4 is 39.9 Å². The van der Waals surface area contributed by atoms with Gasteiger partial charge in [-0.25, -0.2) is 0 Å². The van der Waals surface area contributed by atoms with E-state index in [1.54, 1.807) is 0 Å². The maximum atomic E-state index is 12.4. The minimum Gasteiger partial charge on any atom is -0.342 e. The van der Waals surface area contributed by atoms with Crippen LogP contribution in [-0.2, 0) is 11.3 Å². The molecule has 0 radical (unpaired) electrons. The normalized spacial score (nSPS) is 10.9. The first-order valence-corrected chi connectivity index (χ1v) is 10.8. The van der Waals surface area contributed by atoms with Crippen LogP contribution in [0, 0.1) is 17.0 Å². The van der Waals surface area contributed by atoms with Crippen molar-refractivity contribution < 1.29 is 9.72 Å². The Bertz CT molecular complexity index is 1230. The van der Waals surface area contributed by atoms with Crippen molar-refractivity contribution in [1.29, 1.82) is 0 Å². The molecule has 0 saturated carbocycles. The fourth-order valence-electron chi connectivity index (χ4n) is 3.36. The molecule has 0 aliphatic carbocycles. The quantitative estimate of drug-likeness (QED) is 0.233. The predicted molar refractivity (Wildman–Crippen MR) is 125 cm³/mol. The summed E-state index contributed by atoms with van der Waals surface area (Å²) in [4.78, 5) is 23.7. The van der Waals surface area contributed by atoms with Crippen molar-refractivity contribution in [2.75, 3.05) is 11.1 Å². The third-order valence-corrected chi connectivity index (χ3v) is 5.99. The number of hydrogen-bond acceptors (Lipinski definition) is 4. The fourth-order valence-corrected chi connectivity index (χ4v) is 4.24. The predicted octanol–water partition coefficient (Wildman–Crippen LogP) is 5.64. The van der Waals surface area contributed by atoms with Crippen LogP contribution < -0.4 is 5.32 Å². The van der Waals surface area contributed by atoms with Gasteiger partial charge in [0.2, 0.25) is 5.91 Å². The number of rotatable bonds is 7. The van der Waals surface area contributed by atoms with Gasteiger partial charge in [-0.3, -0.25) is 14.9 Å². The molecule has 1 amide bonds. The third kappa shape index (κ3) is 4.95. The van der Waals surface area contributed by atoms with Gasteiger partial charge in [-0.05, 0) is 30.7 Å². The van der Waals surface area contributed by atoms with Crippen LogP contribution in [0.15, 0.2) is 83.9 Å². The van der Waals surface area contributed by atoms with E-state index in [0.29, 0.717) is 5.69 Å². The van der Waals surface area contributed by atoms with Crippen molar-refractivity contribution in [3.63, 3.8) is 0 Å². The van der Waals surface area contributed by atoms with Crippen molar-refractivity contribution in [3.8, 4) is 0 Å². The Labute approximate surface area is 184 Å². The molecule has 3 aromatic carbocycles. The highest BCUT2D eigenvalue weighted by Crippen LogP contribution is 2.30. The lowest BCUT2D eigenvalue weighted by Gasteiger charge is -2.06. The average Bonchev–Trinajstić information content (AvgIpc) is 3.12. The summed E-state index contributed by atoms with van der Waals surface area (Å²) in [5.41, 5.74) is 4.11. The largest absolute Gasteiger partial charge is 0.342 e. The Morgan fingerprint density at radius 1 is 1.03 bits per heavy atom. The first kappa shape index (κ1) is 20.7. The molecule has 0 fully saturated rings. The number of hydrogen-bond donors (Lipinski definition) is 1. The van der Waals surface area contributed by atoms with E-state index < -0.39 is 4.92 Å². The topological polar surface area (TPSA) is 77.2 Å². The molecule has 0 aliphatic heterocycles. The lowest BCUT2D eigenvalue weighted by Crippen LogP contribution is -2.13. The number of benzene rings is 3. The minimum atomic E-state index is -0.464. The number of nitrogens with zero attached hydrogens (tertiary/aromatic N) is 2. The Morgan fingerprint density at radius 3 is 2.45 bits per heavy atom. The summed E-state index contributed by atoms with van der Waals surface area (Å²) >= 11 is 1.48. The number of amides is 1. The molecule has 0 spiro atoms. The monoisotopic (exact) mass is 431 g/mol. The zero-order chi connectivity index (χ0) is 21.8. The van der Waals surface area contributed by atoms with Gasteiger partial charge in [0.25, 0.3) is 5.69 Å². The number of nitro benzene ring substituents is 1. The number of nitrogens with one attached hydrogen (secondary N) is 1. The summed E-state index contributed by atoms with van der Waals surface area (Å²) in [6.07, 6.45) is 2.09. The van der Waals surface area contributed by atoms with Gasteiger partial charge >= 0.3 is 0 Å². The molecule has 0 saturated heterocycles. The number of nitro groups is 1. The maximum absolute atomic E-state index is 12.4. The minimum absolute atomic E-state index is 0.00578. The van der Waals surface area contributed by atoms with Gasteiger partial charge in [-0.1, -0.05) is 48.0 Å². The second-order valence-electron chi connectivity index (χ2n) is 7.26. The Kier molecular flexibility index (Phi) is 6.04. The smallest absolute Gasteiger partial charge is 0.269 e. The van der Waals surface area contributed by atoms with E-state index >= 15 is 0 Å². The summed E-state index contributed by atoms with van der Waals surface area (Å²) < 4.78 is 2.20. The highest BCUT2D eigenvalue weighted by Gasteiger charge is 2.12. The van der Waals surface area contributed by atoms with Crippen molar-refractivity contribution in [2.45, 2.75) is 18.4 Å². The summed E-state index contributed by atoms with van der Waals surface area (Å²) in [7, 11) is 0. The standard InChI is InChI=1S/C24H21N3O3S/c1-17-6-8-18(9-7-17)14-26-15-23(21-4-2-3-5-22(21)26)31-16-24(28)25-19-10-12-20(13-11-19)27(29)30/h2-13,15H,14,16H2,1H3,(H,25,28). The van der Waals surface area contributed by atoms with Crippen LogP contribution in [0.4, 0.5) is 11.4 Å². The van der Waals surface area contributed by atoms with Gasteiger partial charge in [0.15, 0.2) is 0 Å². The highest BCUT2D eigenvalue weighted by atomic mass is 32.2. The van der Waals surface area contributed by atoms with Gasteiger partial charge in [0.1, 0.15) is 0 Å². The molecule has 0 unspecified atom stereocenters. The zero-order valence-corrected chi connectivity index (χ0v) is 17.8. The molecule has 0 atom stereocenters. The van der Waals surface area contributed by atoms with Gasteiger partial charge in [0.05, 0.1) is 10.7 Å². The Morgan fingerprint density at radius 2 is 1.74 bits per heavy atom. The molecule has 1 heterocycles. The van der Waals surface area contributed by atoms with Gasteiger partial charge in [-0.15, -0.1) is 11.8 Å². The van der Waals surface area contributed by atoms with Crippen LogP contribution in [0.3, 0.4) is 0 Å². The van der Waals surface area contributed by atoms with Crippen LogP contribution in [-0.4, -0.2) is 21.2 Å². The zero-order valence-electron chi connectivity index (χ0n) is 16.9. The van der Waals surface area contributed by atoms with Crippen LogP contribution in [0.5, 0.6) is 0 Å². The van der Waals surface area contributed by atoms with E-state index in [1.807, 2.05) is 12.1 Å². The van der Waals surface area contributed by atoms with E-state index in [1.165, 1.54) is 47.2 Å². The van der Waals surface area contributed by atoms with Gasteiger partial charge in [-0.2, -0.15) is 0 Å². The molecule has 0 bridgehead atoms. The van der Waals surface area contributed by atoms with Gasteiger partial charge < -0.3 is 9.88 Å². The number of fused-ring (bicyclic) bond motifs is 1. The number of aromatic nitrogens is 1. The SMILES string of the molecule is Cc1ccc(Cn2cc(SCC(=O)Nc3ccc([N+](=O)[O-])cc3)c3ccccc32)cc1. The van der Waals surface area contributed by atoms with E-state index in [9.17, 15) is 14.9 Å². The second kappa shape index (κ2) is 9.06. The number of non-ortho nitro benzene ring substituents is 1. The summed E-state index contributed by atoms with van der Waals surface area (Å²) in [6, 6.07) is 22.5. The first-order valence-electron chi connectivity index (χ1n) is 9.80. The summed E-state index contributed by atoms with van der Waals surface area (Å²) in [6.45, 7) is 2.83. The molecular weight excluding hydrogens is 410 g/mol. The molecule has 1 aromatic heterocycles. The van der Waals surface area contributed by atoms with Crippen molar-refractivity contribution in [2.24, 2.45) is 0 Å². The Hall–Kier alpha value is -3.58. The van der Waals surface area contributed by atoms with Crippen LogP contribution in [0.2, 0.25) is 0 Å². The molecule has 4 rings (SSSR count). The number of aryl methyl sites for hydroxylation is 1.